The molecule has 2 heterocycles. The van der Waals surface area contributed by atoms with Crippen LogP contribution >= 0.6 is 0 Å². The van der Waals surface area contributed by atoms with Gasteiger partial charge in [-0.2, -0.15) is 0 Å². The number of hydrogen-bond donors (Lipinski definition) is 0. The monoisotopic (exact) mass is 345 g/mol. The number of likely N-dealkylation sites (N-methyl/N-ethyl adjacent to an activating group) is 1. The molecule has 1 aromatic carbocycles. The van der Waals surface area contributed by atoms with Crippen molar-refractivity contribution in [3.63, 3.8) is 0 Å². The molecule has 0 aromatic heterocycles. The Balaban J connectivity index is 1.47. The van der Waals surface area contributed by atoms with Crippen LogP contribution < -0.4 is 4.90 Å². The summed E-state index contributed by atoms with van der Waals surface area (Å²) in [5.41, 5.74) is 2.95. The maximum atomic E-state index is 6.39. The van der Waals surface area contributed by atoms with E-state index in [-0.39, 0.29) is 5.60 Å². The summed E-state index contributed by atoms with van der Waals surface area (Å²) in [6, 6.07) is 8.76. The number of ether oxygens (including phenoxy) is 1. The molecule has 0 aliphatic carbocycles. The Kier molecular flexibility index (Phi) is 6.03. The molecule has 2 saturated heterocycles. The van der Waals surface area contributed by atoms with Crippen molar-refractivity contribution in [3.8, 4) is 0 Å². The summed E-state index contributed by atoms with van der Waals surface area (Å²) in [5, 5.41) is 0. The van der Waals surface area contributed by atoms with E-state index in [1.807, 2.05) is 0 Å². The number of rotatable bonds is 7. The van der Waals surface area contributed by atoms with Crippen LogP contribution in [0.5, 0.6) is 0 Å². The number of likely N-dealkylation sites (tertiary alicyclic amines) is 1. The zero-order valence-corrected chi connectivity index (χ0v) is 16.5. The van der Waals surface area contributed by atoms with Crippen LogP contribution in [0.15, 0.2) is 24.3 Å². The Morgan fingerprint density at radius 2 is 1.76 bits per heavy atom. The number of benzene rings is 1. The molecular weight excluding hydrogens is 310 g/mol. The van der Waals surface area contributed by atoms with Gasteiger partial charge in [0.25, 0.3) is 0 Å². The summed E-state index contributed by atoms with van der Waals surface area (Å²) >= 11 is 0. The minimum absolute atomic E-state index is 0.190. The first kappa shape index (κ1) is 18.7. The average molecular weight is 346 g/mol. The summed E-state index contributed by atoms with van der Waals surface area (Å²) in [4.78, 5) is 7.28. The molecule has 1 atom stereocenters. The first-order valence-corrected chi connectivity index (χ1v) is 9.93. The van der Waals surface area contributed by atoms with Gasteiger partial charge in [-0.15, -0.1) is 0 Å². The van der Waals surface area contributed by atoms with Crippen LogP contribution in [0, 0.1) is 0 Å². The Bertz CT molecular complexity index is 540. The van der Waals surface area contributed by atoms with Gasteiger partial charge in [-0.25, -0.2) is 0 Å². The van der Waals surface area contributed by atoms with E-state index < -0.39 is 0 Å². The molecule has 1 aromatic rings. The standard InChI is InChI=1S/C21H35N3O/c1-5-23(6-2)17-19-15-21(25-19)11-13-24(14-12-21)16-18-9-7-8-10-20(18)22(3)4/h7-10,19H,5-6,11-17H2,1-4H3/t19-/m1/s1. The molecule has 2 aliphatic heterocycles. The van der Waals surface area contributed by atoms with Crippen molar-refractivity contribution in [2.45, 2.75) is 51.4 Å². The SMILES string of the molecule is CCN(CC)C[C@H]1CC2(CCN(Cc3ccccc3N(C)C)CC2)O1. The minimum atomic E-state index is 0.190. The second kappa shape index (κ2) is 8.07. The predicted molar refractivity (Wildman–Crippen MR) is 105 cm³/mol. The molecule has 0 amide bonds. The smallest absolute Gasteiger partial charge is 0.0737 e. The number of para-hydroxylation sites is 1. The summed E-state index contributed by atoms with van der Waals surface area (Å²) in [5.74, 6) is 0. The Morgan fingerprint density at radius 3 is 2.36 bits per heavy atom. The third-order valence-corrected chi connectivity index (χ3v) is 6.01. The predicted octanol–water partition coefficient (Wildman–Crippen LogP) is 3.22. The fourth-order valence-electron chi connectivity index (χ4n) is 4.39. The van der Waals surface area contributed by atoms with E-state index in [9.17, 15) is 0 Å². The lowest BCUT2D eigenvalue weighted by Crippen LogP contribution is -2.59. The molecule has 4 heteroatoms. The van der Waals surface area contributed by atoms with Gasteiger partial charge < -0.3 is 14.5 Å². The topological polar surface area (TPSA) is 19.0 Å². The highest BCUT2D eigenvalue weighted by molar-refractivity contribution is 5.52. The number of nitrogens with zero attached hydrogens (tertiary/aromatic N) is 3. The maximum Gasteiger partial charge on any atom is 0.0737 e. The van der Waals surface area contributed by atoms with Crippen molar-refractivity contribution in [2.24, 2.45) is 0 Å². The van der Waals surface area contributed by atoms with Gasteiger partial charge in [0, 0.05) is 52.4 Å². The second-order valence-corrected chi connectivity index (χ2v) is 7.91. The number of piperidine rings is 1. The van der Waals surface area contributed by atoms with Crippen LogP contribution in [-0.4, -0.2) is 68.3 Å². The normalized spacial score (nSPS) is 23.0. The molecule has 0 unspecified atom stereocenters. The summed E-state index contributed by atoms with van der Waals surface area (Å²) in [6.45, 7) is 11.2. The third-order valence-electron chi connectivity index (χ3n) is 6.01. The van der Waals surface area contributed by atoms with Crippen LogP contribution in [0.1, 0.15) is 38.7 Å². The van der Waals surface area contributed by atoms with Crippen molar-refractivity contribution in [3.05, 3.63) is 29.8 Å². The second-order valence-electron chi connectivity index (χ2n) is 7.91. The van der Waals surface area contributed by atoms with E-state index in [0.29, 0.717) is 6.10 Å². The van der Waals surface area contributed by atoms with E-state index in [4.69, 9.17) is 4.74 Å². The van der Waals surface area contributed by atoms with E-state index in [1.54, 1.807) is 0 Å². The molecule has 4 nitrogen and oxygen atoms in total. The fourth-order valence-corrected chi connectivity index (χ4v) is 4.39. The van der Waals surface area contributed by atoms with Crippen molar-refractivity contribution in [1.82, 2.24) is 9.80 Å². The molecule has 0 N–H and O–H groups in total. The van der Waals surface area contributed by atoms with Gasteiger partial charge in [-0.3, -0.25) is 4.90 Å². The number of hydrogen-bond acceptors (Lipinski definition) is 4. The van der Waals surface area contributed by atoms with Crippen molar-refractivity contribution < 1.29 is 4.74 Å². The lowest BCUT2D eigenvalue weighted by atomic mass is 9.80. The van der Waals surface area contributed by atoms with Crippen molar-refractivity contribution in [1.29, 1.82) is 0 Å². The third kappa shape index (κ3) is 4.36. The maximum absolute atomic E-state index is 6.39. The summed E-state index contributed by atoms with van der Waals surface area (Å²) < 4.78 is 6.39. The van der Waals surface area contributed by atoms with Crippen LogP contribution in [0.25, 0.3) is 0 Å². The lowest BCUT2D eigenvalue weighted by Gasteiger charge is -2.53. The average Bonchev–Trinajstić information content (AvgIpc) is 2.59. The van der Waals surface area contributed by atoms with Crippen LogP contribution in [0.3, 0.4) is 0 Å². The quantitative estimate of drug-likeness (QED) is 0.755. The highest BCUT2D eigenvalue weighted by Crippen LogP contribution is 2.41. The van der Waals surface area contributed by atoms with E-state index in [2.05, 4.69) is 66.9 Å². The van der Waals surface area contributed by atoms with Gasteiger partial charge in [0.05, 0.1) is 11.7 Å². The Labute approximate surface area is 153 Å². The molecule has 1 spiro atoms. The fraction of sp³-hybridized carbons (Fsp3) is 0.714. The molecule has 0 bridgehead atoms. The van der Waals surface area contributed by atoms with Crippen LogP contribution in [-0.2, 0) is 11.3 Å². The first-order valence-electron chi connectivity index (χ1n) is 9.93. The minimum Gasteiger partial charge on any atom is -0.377 e. The highest BCUT2D eigenvalue weighted by Gasteiger charge is 2.47. The molecule has 0 saturated carbocycles. The van der Waals surface area contributed by atoms with Crippen LogP contribution in [0.4, 0.5) is 5.69 Å². The van der Waals surface area contributed by atoms with E-state index in [1.165, 1.54) is 30.5 Å². The number of anilines is 1. The molecule has 2 fully saturated rings. The molecule has 3 rings (SSSR count). The molecule has 140 valence electrons. The van der Waals surface area contributed by atoms with E-state index in [0.717, 1.165) is 39.3 Å². The summed E-state index contributed by atoms with van der Waals surface area (Å²) in [7, 11) is 4.25. The molecule has 0 radical (unpaired) electrons. The van der Waals surface area contributed by atoms with E-state index >= 15 is 0 Å². The van der Waals surface area contributed by atoms with Gasteiger partial charge in [0.2, 0.25) is 0 Å². The van der Waals surface area contributed by atoms with Gasteiger partial charge in [-0.05, 0) is 37.6 Å². The zero-order chi connectivity index (χ0) is 17.9. The summed E-state index contributed by atoms with van der Waals surface area (Å²) in [6.07, 6.45) is 4.09. The Hall–Kier alpha value is -1.10. The van der Waals surface area contributed by atoms with Gasteiger partial charge in [0.1, 0.15) is 0 Å². The highest BCUT2D eigenvalue weighted by atomic mass is 16.5. The van der Waals surface area contributed by atoms with Crippen LogP contribution in [0.2, 0.25) is 0 Å². The van der Waals surface area contributed by atoms with Crippen molar-refractivity contribution in [2.75, 3.05) is 51.7 Å². The molecular formula is C21H35N3O. The first-order chi connectivity index (χ1) is 12.0. The van der Waals surface area contributed by atoms with Gasteiger partial charge in [-0.1, -0.05) is 32.0 Å². The Morgan fingerprint density at radius 1 is 1.12 bits per heavy atom. The van der Waals surface area contributed by atoms with Crippen molar-refractivity contribution >= 4 is 5.69 Å². The van der Waals surface area contributed by atoms with Gasteiger partial charge >= 0.3 is 0 Å². The largest absolute Gasteiger partial charge is 0.377 e. The molecule has 25 heavy (non-hydrogen) atoms. The lowest BCUT2D eigenvalue weighted by molar-refractivity contribution is -0.229. The van der Waals surface area contributed by atoms with Gasteiger partial charge in [0.15, 0.2) is 0 Å². The zero-order valence-electron chi connectivity index (χ0n) is 16.5. The molecule has 2 aliphatic rings.